The highest BCUT2D eigenvalue weighted by molar-refractivity contribution is 6.03. The summed E-state index contributed by atoms with van der Waals surface area (Å²) in [6.45, 7) is 3.86. The van der Waals surface area contributed by atoms with Crippen molar-refractivity contribution in [2.24, 2.45) is 5.73 Å². The average Bonchev–Trinajstić information content (AvgIpc) is 2.97. The first-order valence-corrected chi connectivity index (χ1v) is 8.37. The first kappa shape index (κ1) is 15.4. The standard InChI is InChI=1S/C17H22N4O3/c1-20(11-5-7-21(8-6-11)12-9-23-10-12)17-19-15-13(16(18)22)3-2-4-14(15)24-17/h2-4,11-12H,5-10H2,1H3,(H2,18,22). The first-order chi connectivity index (χ1) is 11.6. The van der Waals surface area contributed by atoms with Crippen molar-refractivity contribution in [2.45, 2.75) is 24.9 Å². The number of hydrogen-bond acceptors (Lipinski definition) is 6. The van der Waals surface area contributed by atoms with E-state index in [0.29, 0.717) is 34.8 Å². The Labute approximate surface area is 140 Å². The number of oxazole rings is 1. The molecule has 0 spiro atoms. The number of aromatic nitrogens is 1. The van der Waals surface area contributed by atoms with Crippen molar-refractivity contribution in [1.82, 2.24) is 9.88 Å². The minimum absolute atomic E-state index is 0.382. The zero-order valence-electron chi connectivity index (χ0n) is 13.8. The van der Waals surface area contributed by atoms with Gasteiger partial charge in [-0.2, -0.15) is 4.98 Å². The summed E-state index contributed by atoms with van der Waals surface area (Å²) < 4.78 is 11.1. The lowest BCUT2D eigenvalue weighted by Gasteiger charge is -2.42. The summed E-state index contributed by atoms with van der Waals surface area (Å²) in [5.41, 5.74) is 6.95. The fourth-order valence-corrected chi connectivity index (χ4v) is 3.52. The van der Waals surface area contributed by atoms with Gasteiger partial charge in [-0.25, -0.2) is 0 Å². The van der Waals surface area contributed by atoms with Gasteiger partial charge in [0.05, 0.1) is 24.8 Å². The van der Waals surface area contributed by atoms with E-state index in [1.54, 1.807) is 12.1 Å². The second kappa shape index (κ2) is 6.07. The summed E-state index contributed by atoms with van der Waals surface area (Å²) in [4.78, 5) is 20.6. The van der Waals surface area contributed by atoms with Gasteiger partial charge in [-0.3, -0.25) is 9.69 Å². The zero-order chi connectivity index (χ0) is 16.7. The minimum Gasteiger partial charge on any atom is -0.423 e. The topological polar surface area (TPSA) is 84.8 Å². The minimum atomic E-state index is -0.487. The SMILES string of the molecule is CN(c1nc2c(C(N)=O)cccc2o1)C1CCN(C2COC2)CC1. The van der Waals surface area contributed by atoms with Gasteiger partial charge < -0.3 is 19.8 Å². The van der Waals surface area contributed by atoms with Crippen LogP contribution in [0.4, 0.5) is 6.01 Å². The molecule has 1 aromatic heterocycles. The molecule has 0 radical (unpaired) electrons. The summed E-state index contributed by atoms with van der Waals surface area (Å²) in [6.07, 6.45) is 2.13. The predicted molar refractivity (Wildman–Crippen MR) is 90.1 cm³/mol. The molecule has 7 heteroatoms. The van der Waals surface area contributed by atoms with E-state index in [9.17, 15) is 4.79 Å². The molecule has 2 N–H and O–H groups in total. The average molecular weight is 330 g/mol. The molecule has 3 heterocycles. The Morgan fingerprint density at radius 2 is 2.08 bits per heavy atom. The molecule has 4 rings (SSSR count). The number of carbonyl (C=O) groups is 1. The van der Waals surface area contributed by atoms with Crippen LogP contribution in [-0.2, 0) is 4.74 Å². The van der Waals surface area contributed by atoms with Gasteiger partial charge in [-0.05, 0) is 25.0 Å². The molecule has 2 aliphatic rings. The molecule has 24 heavy (non-hydrogen) atoms. The summed E-state index contributed by atoms with van der Waals surface area (Å²) in [5.74, 6) is -0.487. The Balaban J connectivity index is 1.50. The third-order valence-electron chi connectivity index (χ3n) is 5.16. The van der Waals surface area contributed by atoms with E-state index in [2.05, 4.69) is 14.8 Å². The van der Waals surface area contributed by atoms with Crippen LogP contribution < -0.4 is 10.6 Å². The normalized spacial score (nSPS) is 20.2. The van der Waals surface area contributed by atoms with Crippen LogP contribution in [0.25, 0.3) is 11.1 Å². The number of ether oxygens (including phenoxy) is 1. The third-order valence-corrected chi connectivity index (χ3v) is 5.16. The maximum atomic E-state index is 11.5. The van der Waals surface area contributed by atoms with Crippen LogP contribution in [-0.4, -0.2) is 61.2 Å². The molecule has 1 amide bonds. The Bertz CT molecular complexity index is 747. The van der Waals surface area contributed by atoms with Crippen molar-refractivity contribution in [3.63, 3.8) is 0 Å². The summed E-state index contributed by atoms with van der Waals surface area (Å²) in [5, 5.41) is 0. The number of likely N-dealkylation sites (tertiary alicyclic amines) is 1. The number of benzene rings is 1. The van der Waals surface area contributed by atoms with Crippen molar-refractivity contribution in [3.8, 4) is 0 Å². The molecule has 0 saturated carbocycles. The number of hydrogen-bond donors (Lipinski definition) is 1. The first-order valence-electron chi connectivity index (χ1n) is 8.37. The molecule has 0 bridgehead atoms. The van der Waals surface area contributed by atoms with Gasteiger partial charge in [0.2, 0.25) is 0 Å². The van der Waals surface area contributed by atoms with Crippen molar-refractivity contribution in [1.29, 1.82) is 0 Å². The maximum Gasteiger partial charge on any atom is 0.298 e. The van der Waals surface area contributed by atoms with Gasteiger partial charge in [-0.15, -0.1) is 0 Å². The van der Waals surface area contributed by atoms with Crippen molar-refractivity contribution >= 4 is 23.0 Å². The second-order valence-electron chi connectivity index (χ2n) is 6.58. The molecule has 1 aromatic carbocycles. The second-order valence-corrected chi connectivity index (χ2v) is 6.58. The van der Waals surface area contributed by atoms with Crippen LogP contribution in [0, 0.1) is 0 Å². The van der Waals surface area contributed by atoms with Gasteiger partial charge in [0, 0.05) is 26.2 Å². The lowest BCUT2D eigenvalue weighted by Crippen LogP contribution is -2.54. The summed E-state index contributed by atoms with van der Waals surface area (Å²) in [7, 11) is 2.00. The highest BCUT2D eigenvalue weighted by Gasteiger charge is 2.32. The zero-order valence-corrected chi connectivity index (χ0v) is 13.8. The molecule has 2 saturated heterocycles. The smallest absolute Gasteiger partial charge is 0.298 e. The van der Waals surface area contributed by atoms with E-state index >= 15 is 0 Å². The lowest BCUT2D eigenvalue weighted by atomic mass is 10.0. The largest absolute Gasteiger partial charge is 0.423 e. The van der Waals surface area contributed by atoms with Gasteiger partial charge >= 0.3 is 0 Å². The molecule has 0 unspecified atom stereocenters. The van der Waals surface area contributed by atoms with Gasteiger partial charge in [-0.1, -0.05) is 6.07 Å². The molecule has 2 aliphatic heterocycles. The molecule has 0 atom stereocenters. The number of nitrogens with zero attached hydrogens (tertiary/aromatic N) is 3. The van der Waals surface area contributed by atoms with E-state index in [4.69, 9.17) is 14.9 Å². The van der Waals surface area contributed by atoms with E-state index in [0.717, 1.165) is 39.1 Å². The number of nitrogens with two attached hydrogens (primary N) is 1. The van der Waals surface area contributed by atoms with E-state index in [1.165, 1.54) is 0 Å². The molecule has 2 aromatic rings. The van der Waals surface area contributed by atoms with Crippen molar-refractivity contribution < 1.29 is 13.9 Å². The van der Waals surface area contributed by atoms with Gasteiger partial charge in [0.25, 0.3) is 11.9 Å². The highest BCUT2D eigenvalue weighted by atomic mass is 16.5. The molecule has 7 nitrogen and oxygen atoms in total. The Morgan fingerprint density at radius 1 is 1.33 bits per heavy atom. The van der Waals surface area contributed by atoms with Gasteiger partial charge in [0.15, 0.2) is 5.58 Å². The predicted octanol–water partition coefficient (Wildman–Crippen LogP) is 1.23. The molecule has 128 valence electrons. The van der Waals surface area contributed by atoms with Crippen LogP contribution in [0.1, 0.15) is 23.2 Å². The number of para-hydroxylation sites is 1. The third kappa shape index (κ3) is 2.63. The number of fused-ring (bicyclic) bond motifs is 1. The number of carbonyl (C=O) groups excluding carboxylic acids is 1. The lowest BCUT2D eigenvalue weighted by molar-refractivity contribution is -0.0711. The van der Waals surface area contributed by atoms with Crippen molar-refractivity contribution in [2.75, 3.05) is 38.3 Å². The fraction of sp³-hybridized carbons (Fsp3) is 0.529. The number of piperidine rings is 1. The van der Waals surface area contributed by atoms with Crippen LogP contribution in [0.15, 0.2) is 22.6 Å². The number of primary amides is 1. The van der Waals surface area contributed by atoms with Gasteiger partial charge in [0.1, 0.15) is 5.52 Å². The fourth-order valence-electron chi connectivity index (χ4n) is 3.52. The van der Waals surface area contributed by atoms with E-state index in [1.807, 2.05) is 13.1 Å². The van der Waals surface area contributed by atoms with Crippen LogP contribution in [0.5, 0.6) is 0 Å². The number of anilines is 1. The quantitative estimate of drug-likeness (QED) is 0.907. The summed E-state index contributed by atoms with van der Waals surface area (Å²) in [6, 6.07) is 6.77. The monoisotopic (exact) mass is 330 g/mol. The van der Waals surface area contributed by atoms with Crippen molar-refractivity contribution in [3.05, 3.63) is 23.8 Å². The maximum absolute atomic E-state index is 11.5. The number of rotatable bonds is 4. The Kier molecular flexibility index (Phi) is 3.90. The molecular formula is C17H22N4O3. The van der Waals surface area contributed by atoms with E-state index in [-0.39, 0.29) is 0 Å². The van der Waals surface area contributed by atoms with Crippen LogP contribution in [0.3, 0.4) is 0 Å². The number of amides is 1. The van der Waals surface area contributed by atoms with Crippen LogP contribution >= 0.6 is 0 Å². The molecular weight excluding hydrogens is 308 g/mol. The Hall–Kier alpha value is -2.12. The van der Waals surface area contributed by atoms with Crippen LogP contribution in [0.2, 0.25) is 0 Å². The highest BCUT2D eigenvalue weighted by Crippen LogP contribution is 2.28. The Morgan fingerprint density at radius 3 is 2.71 bits per heavy atom. The molecule has 2 fully saturated rings. The molecule has 0 aliphatic carbocycles. The summed E-state index contributed by atoms with van der Waals surface area (Å²) >= 11 is 0. The van der Waals surface area contributed by atoms with E-state index < -0.39 is 5.91 Å².